The Morgan fingerprint density at radius 2 is 0.506 bits per heavy atom. The van der Waals surface area contributed by atoms with Crippen LogP contribution < -0.4 is 18.9 Å². The van der Waals surface area contributed by atoms with Crippen LogP contribution in [-0.4, -0.2) is 31.3 Å². The molecule has 0 heterocycles. The second-order valence-electron chi connectivity index (χ2n) is 24.2. The monoisotopic (exact) mass is 1120 g/mol. The first-order chi connectivity index (χ1) is 40.1. The normalized spacial score (nSPS) is 11.5. The molecule has 2 rings (SSSR count). The second kappa shape index (κ2) is 56.6. The van der Waals surface area contributed by atoms with E-state index < -0.39 is 0 Å². The van der Waals surface area contributed by atoms with Gasteiger partial charge in [-0.3, -0.25) is 0 Å². The minimum absolute atomic E-state index is 0.320. The van der Waals surface area contributed by atoms with Crippen LogP contribution in [0.1, 0.15) is 347 Å². The van der Waals surface area contributed by atoms with Crippen molar-refractivity contribution in [1.29, 1.82) is 10.5 Å². The van der Waals surface area contributed by atoms with E-state index in [9.17, 15) is 10.5 Å². The van der Waals surface area contributed by atoms with Crippen LogP contribution in [0.2, 0.25) is 0 Å². The summed E-state index contributed by atoms with van der Waals surface area (Å²) in [7, 11) is 0. The van der Waals surface area contributed by atoms with Gasteiger partial charge in [0, 0.05) is 25.2 Å². The van der Waals surface area contributed by atoms with Crippen LogP contribution >= 0.6 is 0 Å². The first-order valence-corrected chi connectivity index (χ1v) is 35.1. The lowest BCUT2D eigenvalue weighted by molar-refractivity contribution is 0.285. The van der Waals surface area contributed by atoms with Gasteiger partial charge in [-0.2, -0.15) is 10.5 Å². The van der Waals surface area contributed by atoms with Gasteiger partial charge in [0.05, 0.1) is 38.6 Å². The molecule has 0 radical (unpaired) electrons. The second-order valence-corrected chi connectivity index (χ2v) is 24.2. The summed E-state index contributed by atoms with van der Waals surface area (Å²) in [6.07, 6.45) is 64.1. The van der Waals surface area contributed by atoms with Crippen LogP contribution in [0.4, 0.5) is 0 Å². The largest absolute Gasteiger partial charge is 0.493 e. The zero-order valence-corrected chi connectivity index (χ0v) is 53.7. The van der Waals surface area contributed by atoms with Crippen molar-refractivity contribution in [2.75, 3.05) is 26.4 Å². The molecule has 7 nitrogen and oxygen atoms in total. The Hall–Kier alpha value is -3.84. The summed E-state index contributed by atoms with van der Waals surface area (Å²) in [4.78, 5) is 2.00. The number of hydrogen-bond donors (Lipinski definition) is 0. The Morgan fingerprint density at radius 3 is 0.691 bits per heavy atom. The average Bonchev–Trinajstić information content (AvgIpc) is 3.47. The third-order valence-electron chi connectivity index (χ3n) is 16.3. The number of nitrogens with zero attached hydrogens (tertiary/aromatic N) is 3. The first-order valence-electron chi connectivity index (χ1n) is 35.1. The Morgan fingerprint density at radius 1 is 0.309 bits per heavy atom. The van der Waals surface area contributed by atoms with Gasteiger partial charge >= 0.3 is 0 Å². The Labute approximate surface area is 501 Å². The van der Waals surface area contributed by atoms with E-state index in [2.05, 4.69) is 64.1 Å². The fourth-order valence-electron chi connectivity index (χ4n) is 11.2. The summed E-state index contributed by atoms with van der Waals surface area (Å²) in [5.74, 6) is 3.18. The molecule has 0 atom stereocenters. The molecule has 2 aromatic rings. The zero-order valence-electron chi connectivity index (χ0n) is 53.7. The van der Waals surface area contributed by atoms with Crippen molar-refractivity contribution in [3.63, 3.8) is 0 Å². The minimum atomic E-state index is 0.320. The quantitative estimate of drug-likeness (QED) is 0.0482. The number of rotatable bonds is 61. The summed E-state index contributed by atoms with van der Waals surface area (Å²) in [5, 5.41) is 20.5. The molecule has 0 aliphatic carbocycles. The van der Waals surface area contributed by atoms with E-state index in [-0.39, 0.29) is 0 Å². The van der Waals surface area contributed by atoms with E-state index in [1.165, 1.54) is 289 Å². The number of nitriles is 2. The number of hydrogen-bond acceptors (Lipinski definition) is 7. The van der Waals surface area contributed by atoms with E-state index >= 15 is 0 Å². The molecule has 0 N–H and O–H groups in total. The summed E-state index contributed by atoms with van der Waals surface area (Å²) in [6.45, 7) is 12.6. The van der Waals surface area contributed by atoms with Crippen molar-refractivity contribution in [3.05, 3.63) is 59.3 Å². The predicted molar refractivity (Wildman–Crippen MR) is 348 cm³/mol. The van der Waals surface area contributed by atoms with Gasteiger partial charge in [0.15, 0.2) is 0 Å². The molecular weight excluding hydrogens is 995 g/mol. The third kappa shape index (κ3) is 44.4. The molecule has 0 amide bonds. The molecular formula is C74H127N3O4. The van der Waals surface area contributed by atoms with Crippen molar-refractivity contribution in [2.45, 2.75) is 349 Å². The fourth-order valence-corrected chi connectivity index (χ4v) is 11.2. The molecule has 0 unspecified atom stereocenters. The van der Waals surface area contributed by atoms with Gasteiger partial charge in [-0.05, 0) is 61.1 Å². The van der Waals surface area contributed by atoms with E-state index in [0.717, 1.165) is 59.8 Å². The SMILES string of the molecule is CCCCCCCCCCCCCCOc1cc(CN(Cc2cc(OCCCCCCCCCCCCCC)cc(OCCCCCCCCCCCCCC)c2)/C(C#N)=C/C#N)cc(OCCCCCCCCCCCCCC)c1. The average molecular weight is 1120 g/mol. The highest BCUT2D eigenvalue weighted by atomic mass is 16.5. The van der Waals surface area contributed by atoms with Crippen molar-refractivity contribution in [3.8, 4) is 35.1 Å². The highest BCUT2D eigenvalue weighted by Gasteiger charge is 2.16. The summed E-state index contributed by atoms with van der Waals surface area (Å²) < 4.78 is 26.0. The lowest BCUT2D eigenvalue weighted by Gasteiger charge is -2.25. The first kappa shape index (κ1) is 73.3. The molecule has 0 aliphatic rings. The maximum absolute atomic E-state index is 10.5. The molecule has 81 heavy (non-hydrogen) atoms. The predicted octanol–water partition coefficient (Wildman–Crippen LogP) is 23.9. The van der Waals surface area contributed by atoms with Crippen LogP contribution in [-0.2, 0) is 13.1 Å². The van der Waals surface area contributed by atoms with Crippen LogP contribution in [0.3, 0.4) is 0 Å². The zero-order chi connectivity index (χ0) is 58.0. The summed E-state index contributed by atoms with van der Waals surface area (Å²) >= 11 is 0. The van der Waals surface area contributed by atoms with Gasteiger partial charge in [0.2, 0.25) is 0 Å². The lowest BCUT2D eigenvalue weighted by atomic mass is 10.1. The standard InChI is InChI=1S/C74H127N3O4/c1-5-9-13-17-21-25-29-33-37-41-45-49-55-78-71-59-68(60-72(63-71)79-56-50-46-42-38-34-30-26-22-18-14-10-6-2)66-77(70(65-76)53-54-75)67-69-61-73(80-57-51-47-43-39-35-31-27-23-19-15-11-7-3)64-74(62-69)81-58-52-48-44-40-36-32-28-24-20-16-12-8-4/h53,59-64H,5-52,55-58,66-67H2,1-4H3/b70-53+. The van der Waals surface area contributed by atoms with Crippen LogP contribution in [0.5, 0.6) is 23.0 Å². The maximum atomic E-state index is 10.5. The Kier molecular flexibility index (Phi) is 51.2. The number of benzene rings is 2. The molecule has 7 heteroatoms. The maximum Gasteiger partial charge on any atom is 0.127 e. The fraction of sp³-hybridized carbons (Fsp3) is 0.784. The highest BCUT2D eigenvalue weighted by molar-refractivity contribution is 5.41. The molecule has 0 spiro atoms. The molecule has 462 valence electrons. The van der Waals surface area contributed by atoms with Gasteiger partial charge in [0.1, 0.15) is 34.8 Å². The highest BCUT2D eigenvalue weighted by Crippen LogP contribution is 2.30. The Balaban J connectivity index is 2.16. The smallest absolute Gasteiger partial charge is 0.127 e. The van der Waals surface area contributed by atoms with Gasteiger partial charge in [0.25, 0.3) is 0 Å². The van der Waals surface area contributed by atoms with Gasteiger partial charge in [-0.25, -0.2) is 0 Å². The van der Waals surface area contributed by atoms with Gasteiger partial charge < -0.3 is 23.8 Å². The number of ether oxygens (including phenoxy) is 4. The van der Waals surface area contributed by atoms with Crippen molar-refractivity contribution >= 4 is 0 Å². The van der Waals surface area contributed by atoms with E-state index in [1.807, 2.05) is 17.0 Å². The molecule has 0 aromatic heterocycles. The van der Waals surface area contributed by atoms with Crippen LogP contribution in [0.15, 0.2) is 48.2 Å². The molecule has 0 saturated carbocycles. The number of allylic oxidation sites excluding steroid dienone is 2. The van der Waals surface area contributed by atoms with Crippen molar-refractivity contribution < 1.29 is 18.9 Å². The topological polar surface area (TPSA) is 87.7 Å². The molecule has 0 fully saturated rings. The van der Waals surface area contributed by atoms with Crippen molar-refractivity contribution in [2.24, 2.45) is 0 Å². The third-order valence-corrected chi connectivity index (χ3v) is 16.3. The molecule has 0 saturated heterocycles. The molecule has 0 bridgehead atoms. The lowest BCUT2D eigenvalue weighted by Crippen LogP contribution is -2.22. The van der Waals surface area contributed by atoms with Gasteiger partial charge in [-0.1, -0.05) is 310 Å². The van der Waals surface area contributed by atoms with E-state index in [1.54, 1.807) is 0 Å². The van der Waals surface area contributed by atoms with Crippen LogP contribution in [0, 0.1) is 22.7 Å². The molecule has 0 aliphatic heterocycles. The molecule has 2 aromatic carbocycles. The van der Waals surface area contributed by atoms with Crippen molar-refractivity contribution in [1.82, 2.24) is 4.90 Å². The number of unbranched alkanes of at least 4 members (excludes halogenated alkanes) is 44. The van der Waals surface area contributed by atoms with Gasteiger partial charge in [-0.15, -0.1) is 0 Å². The van der Waals surface area contributed by atoms with E-state index in [4.69, 9.17) is 18.9 Å². The summed E-state index contributed by atoms with van der Waals surface area (Å²) in [5.41, 5.74) is 2.28. The minimum Gasteiger partial charge on any atom is -0.493 e. The summed E-state index contributed by atoms with van der Waals surface area (Å²) in [6, 6.07) is 17.0. The van der Waals surface area contributed by atoms with Crippen LogP contribution in [0.25, 0.3) is 0 Å². The Bertz CT molecular complexity index is 1610. The van der Waals surface area contributed by atoms with E-state index in [0.29, 0.717) is 45.2 Å².